The molecule has 0 saturated heterocycles. The first-order chi connectivity index (χ1) is 15.0. The summed E-state index contributed by atoms with van der Waals surface area (Å²) in [6, 6.07) is 15.0. The van der Waals surface area contributed by atoms with Crippen LogP contribution >= 0.6 is 15.9 Å². The molecule has 8 nitrogen and oxygen atoms in total. The Hall–Kier alpha value is -3.59. The van der Waals surface area contributed by atoms with E-state index in [4.69, 9.17) is 9.47 Å². The molecule has 0 unspecified atom stereocenters. The Labute approximate surface area is 188 Å². The fourth-order valence-corrected chi connectivity index (χ4v) is 2.98. The Morgan fingerprint density at radius 1 is 1.00 bits per heavy atom. The van der Waals surface area contributed by atoms with E-state index in [9.17, 15) is 9.59 Å². The van der Waals surface area contributed by atoms with E-state index in [2.05, 4.69) is 36.9 Å². The number of hydrogen-bond acceptors (Lipinski definition) is 5. The van der Waals surface area contributed by atoms with E-state index in [1.165, 1.54) is 0 Å². The van der Waals surface area contributed by atoms with Crippen LogP contribution in [0, 0.1) is 0 Å². The van der Waals surface area contributed by atoms with Crippen molar-refractivity contribution in [2.75, 3.05) is 24.9 Å². The summed E-state index contributed by atoms with van der Waals surface area (Å²) >= 11 is 3.30. The molecule has 0 aliphatic heterocycles. The van der Waals surface area contributed by atoms with Crippen molar-refractivity contribution in [3.05, 3.63) is 76.4 Å². The second-order valence-corrected chi connectivity index (χ2v) is 7.30. The van der Waals surface area contributed by atoms with Crippen LogP contribution in [0.5, 0.6) is 11.5 Å². The molecule has 0 atom stereocenters. The van der Waals surface area contributed by atoms with Gasteiger partial charge < -0.3 is 25.4 Å². The zero-order valence-corrected chi connectivity index (χ0v) is 18.5. The van der Waals surface area contributed by atoms with Gasteiger partial charge in [0.25, 0.3) is 5.91 Å². The number of methoxy groups -OCH3 is 2. The lowest BCUT2D eigenvalue weighted by Crippen LogP contribution is -2.28. The summed E-state index contributed by atoms with van der Waals surface area (Å²) in [5.41, 5.74) is 1.63. The summed E-state index contributed by atoms with van der Waals surface area (Å²) in [6.07, 6.45) is 1.59. The predicted molar refractivity (Wildman–Crippen MR) is 122 cm³/mol. The van der Waals surface area contributed by atoms with E-state index in [-0.39, 0.29) is 12.5 Å². The van der Waals surface area contributed by atoms with Gasteiger partial charge in [-0.1, -0.05) is 6.07 Å². The van der Waals surface area contributed by atoms with Gasteiger partial charge in [-0.2, -0.15) is 0 Å². The van der Waals surface area contributed by atoms with Crippen LogP contribution in [-0.4, -0.2) is 31.1 Å². The standard InChI is InChI=1S/C22H21BrN4O4/c1-30-18-7-8-19(31-2)15(11-18)12-25-22(29)26-17-5-3-4-14(10-17)21(28)27-20-9-6-16(23)13-24-20/h3-11,13H,12H2,1-2H3,(H,24,27,28)(H2,25,26,29). The van der Waals surface area contributed by atoms with Crippen LogP contribution in [0.2, 0.25) is 0 Å². The molecular weight excluding hydrogens is 464 g/mol. The highest BCUT2D eigenvalue weighted by molar-refractivity contribution is 9.10. The van der Waals surface area contributed by atoms with Crippen LogP contribution in [-0.2, 0) is 6.54 Å². The molecule has 0 aliphatic carbocycles. The summed E-state index contributed by atoms with van der Waals surface area (Å²) in [6.45, 7) is 0.238. The minimum absolute atomic E-state index is 0.238. The van der Waals surface area contributed by atoms with Gasteiger partial charge in [-0.3, -0.25) is 4.79 Å². The van der Waals surface area contributed by atoms with Gasteiger partial charge in [-0.25, -0.2) is 9.78 Å². The number of nitrogens with one attached hydrogen (secondary N) is 3. The molecule has 0 saturated carbocycles. The highest BCUT2D eigenvalue weighted by Gasteiger charge is 2.10. The smallest absolute Gasteiger partial charge is 0.319 e. The van der Waals surface area contributed by atoms with Gasteiger partial charge in [-0.05, 0) is 64.5 Å². The molecular formula is C22H21BrN4O4. The molecule has 9 heteroatoms. The number of pyridine rings is 1. The highest BCUT2D eigenvalue weighted by Crippen LogP contribution is 2.23. The Bertz CT molecular complexity index is 1070. The van der Waals surface area contributed by atoms with E-state index >= 15 is 0 Å². The molecule has 3 aromatic rings. The molecule has 0 spiro atoms. The Kier molecular flexibility index (Phi) is 7.45. The van der Waals surface area contributed by atoms with E-state index in [1.807, 2.05) is 0 Å². The largest absolute Gasteiger partial charge is 0.497 e. The molecule has 0 bridgehead atoms. The minimum atomic E-state index is -0.419. The number of hydrogen-bond donors (Lipinski definition) is 3. The Morgan fingerprint density at radius 2 is 1.84 bits per heavy atom. The zero-order valence-electron chi connectivity index (χ0n) is 16.9. The van der Waals surface area contributed by atoms with E-state index in [0.29, 0.717) is 28.6 Å². The van der Waals surface area contributed by atoms with Crippen molar-refractivity contribution in [3.8, 4) is 11.5 Å². The van der Waals surface area contributed by atoms with Crippen molar-refractivity contribution in [2.45, 2.75) is 6.54 Å². The van der Waals surface area contributed by atoms with Gasteiger partial charge in [-0.15, -0.1) is 0 Å². The SMILES string of the molecule is COc1ccc(OC)c(CNC(=O)Nc2cccc(C(=O)Nc3ccc(Br)cn3)c2)c1. The first kappa shape index (κ1) is 22.1. The van der Waals surface area contributed by atoms with Crippen molar-refractivity contribution in [2.24, 2.45) is 0 Å². The zero-order chi connectivity index (χ0) is 22.2. The number of ether oxygens (including phenoxy) is 2. The maximum atomic E-state index is 12.5. The molecule has 0 fully saturated rings. The number of carbonyl (C=O) groups is 2. The lowest BCUT2D eigenvalue weighted by Gasteiger charge is -2.12. The van der Waals surface area contributed by atoms with Crippen LogP contribution in [0.3, 0.4) is 0 Å². The number of urea groups is 1. The quantitative estimate of drug-likeness (QED) is 0.460. The molecule has 160 valence electrons. The number of carbonyl (C=O) groups excluding carboxylic acids is 2. The fourth-order valence-electron chi connectivity index (χ4n) is 2.75. The second kappa shape index (κ2) is 10.4. The molecule has 3 rings (SSSR count). The van der Waals surface area contributed by atoms with Gasteiger partial charge >= 0.3 is 6.03 Å². The van der Waals surface area contributed by atoms with Crippen molar-refractivity contribution in [1.82, 2.24) is 10.3 Å². The molecule has 2 aromatic carbocycles. The monoisotopic (exact) mass is 484 g/mol. The summed E-state index contributed by atoms with van der Waals surface area (Å²) in [7, 11) is 3.13. The van der Waals surface area contributed by atoms with Crippen LogP contribution in [0.1, 0.15) is 15.9 Å². The van der Waals surface area contributed by atoms with Gasteiger partial charge in [0.2, 0.25) is 0 Å². The van der Waals surface area contributed by atoms with Crippen LogP contribution in [0.4, 0.5) is 16.3 Å². The van der Waals surface area contributed by atoms with E-state index in [1.54, 1.807) is 75.0 Å². The highest BCUT2D eigenvalue weighted by atomic mass is 79.9. The van der Waals surface area contributed by atoms with Crippen LogP contribution < -0.4 is 25.4 Å². The molecule has 0 aliphatic rings. The summed E-state index contributed by atoms with van der Waals surface area (Å²) in [5.74, 6) is 1.40. The van der Waals surface area contributed by atoms with E-state index < -0.39 is 6.03 Å². The number of anilines is 2. The maximum Gasteiger partial charge on any atom is 0.319 e. The lowest BCUT2D eigenvalue weighted by molar-refractivity contribution is 0.102. The van der Waals surface area contributed by atoms with Crippen molar-refractivity contribution < 1.29 is 19.1 Å². The minimum Gasteiger partial charge on any atom is -0.497 e. The normalized spacial score (nSPS) is 10.2. The van der Waals surface area contributed by atoms with Crippen LogP contribution in [0.15, 0.2) is 65.3 Å². The van der Waals surface area contributed by atoms with Gasteiger partial charge in [0.05, 0.1) is 14.2 Å². The fraction of sp³-hybridized carbons (Fsp3) is 0.136. The van der Waals surface area contributed by atoms with E-state index in [0.717, 1.165) is 10.0 Å². The second-order valence-electron chi connectivity index (χ2n) is 6.38. The number of amides is 3. The number of nitrogens with zero attached hydrogens (tertiary/aromatic N) is 1. The molecule has 31 heavy (non-hydrogen) atoms. The van der Waals surface area contributed by atoms with Crippen molar-refractivity contribution in [1.29, 1.82) is 0 Å². The third-order valence-corrected chi connectivity index (χ3v) is 4.75. The maximum absolute atomic E-state index is 12.5. The average molecular weight is 485 g/mol. The molecule has 1 aromatic heterocycles. The first-order valence-electron chi connectivity index (χ1n) is 9.27. The van der Waals surface area contributed by atoms with Gasteiger partial charge in [0.1, 0.15) is 17.3 Å². The lowest BCUT2D eigenvalue weighted by atomic mass is 10.2. The first-order valence-corrected chi connectivity index (χ1v) is 10.1. The summed E-state index contributed by atoms with van der Waals surface area (Å²) in [4.78, 5) is 28.9. The average Bonchev–Trinajstić information content (AvgIpc) is 2.79. The third kappa shape index (κ3) is 6.19. The molecule has 3 amide bonds. The summed E-state index contributed by atoms with van der Waals surface area (Å²) in [5, 5.41) is 8.20. The Balaban J connectivity index is 1.61. The Morgan fingerprint density at radius 3 is 2.55 bits per heavy atom. The molecule has 0 radical (unpaired) electrons. The summed E-state index contributed by atoms with van der Waals surface area (Å²) < 4.78 is 11.3. The number of halogens is 1. The number of benzene rings is 2. The number of aromatic nitrogens is 1. The topological polar surface area (TPSA) is 102 Å². The predicted octanol–water partition coefficient (Wildman–Crippen LogP) is 4.44. The van der Waals surface area contributed by atoms with Crippen molar-refractivity contribution >= 4 is 39.4 Å². The number of rotatable bonds is 7. The molecule has 3 N–H and O–H groups in total. The van der Waals surface area contributed by atoms with Crippen molar-refractivity contribution in [3.63, 3.8) is 0 Å². The third-order valence-electron chi connectivity index (χ3n) is 4.28. The van der Waals surface area contributed by atoms with Crippen LogP contribution in [0.25, 0.3) is 0 Å². The van der Waals surface area contributed by atoms with Gasteiger partial charge in [0, 0.05) is 34.0 Å². The molecule has 1 heterocycles. The van der Waals surface area contributed by atoms with Gasteiger partial charge in [0.15, 0.2) is 0 Å².